The van der Waals surface area contributed by atoms with Gasteiger partial charge in [-0.1, -0.05) is 13.8 Å². The lowest BCUT2D eigenvalue weighted by molar-refractivity contribution is -0.176. The molecule has 0 radical (unpaired) electrons. The van der Waals surface area contributed by atoms with Crippen LogP contribution in [-0.4, -0.2) is 92.7 Å². The van der Waals surface area contributed by atoms with Crippen molar-refractivity contribution in [2.45, 2.75) is 77.7 Å². The molecule has 0 unspecified atom stereocenters. The zero-order chi connectivity index (χ0) is 54.1. The first-order valence-corrected chi connectivity index (χ1v) is 26.6. The van der Waals surface area contributed by atoms with E-state index < -0.39 is 28.4 Å². The molecule has 16 aliphatic rings. The van der Waals surface area contributed by atoms with Crippen molar-refractivity contribution in [3.63, 3.8) is 0 Å². The molecule has 0 amide bonds. The summed E-state index contributed by atoms with van der Waals surface area (Å²) in [6.45, 7) is 6.63. The highest BCUT2D eigenvalue weighted by atomic mass is 16.6. The number of hydrogen-bond acceptors (Lipinski definition) is 15. The maximum atomic E-state index is 14.9. The first-order valence-electron chi connectivity index (χ1n) is 26.6. The summed E-state index contributed by atoms with van der Waals surface area (Å²) in [6, 6.07) is 24.3. The van der Waals surface area contributed by atoms with Gasteiger partial charge in [0, 0.05) is 5.41 Å². The third kappa shape index (κ3) is 8.56. The molecule has 2 atom stereocenters. The summed E-state index contributed by atoms with van der Waals surface area (Å²) in [6.07, 6.45) is 3.81. The number of rotatable bonds is 7. The van der Waals surface area contributed by atoms with Crippen molar-refractivity contribution in [3.05, 3.63) is 140 Å². The largest absolute Gasteiger partial charge is 0.493 e. The second kappa shape index (κ2) is 19.8. The van der Waals surface area contributed by atoms with E-state index in [0.717, 1.165) is 66.8 Å². The van der Waals surface area contributed by atoms with E-state index in [1.807, 2.05) is 69.3 Å². The standard InChI is InChI=1S/C63H64O15/c1-61(2)62(3)9-10-63(61,78-59(62)64)60(65)77-58-34-46-22-44-32-56-50(69-7)26-38(44)20-43-31-54-51(70-8)27-39(43)21-45(46)33-57(58)76-16-15-75-55-30-42-19-36-24-48(67-5)53(72-13-14-74-56)28-40(36)17-35-23-47(66-4)52(71-11-12-73-54)29-41(35)18-37(42)25-49(55)68-6/h23-34H,9-22H2,1-8H3/t62-,63+/m0/s1. The summed E-state index contributed by atoms with van der Waals surface area (Å²) in [5.41, 5.74) is 8.70. The number of carbonyl (C=O) groups is 2. The van der Waals surface area contributed by atoms with Crippen LogP contribution in [0, 0.1) is 10.8 Å². The number of hydrogen-bond donors (Lipinski definition) is 0. The summed E-state index contributed by atoms with van der Waals surface area (Å²) in [7, 11) is 8.20. The molecule has 13 heterocycles. The van der Waals surface area contributed by atoms with Crippen LogP contribution in [0.25, 0.3) is 0 Å². The van der Waals surface area contributed by atoms with Crippen LogP contribution in [0.15, 0.2) is 72.8 Å². The molecular formula is C63H64O15. The van der Waals surface area contributed by atoms with Gasteiger partial charge in [0.1, 0.15) is 39.6 Å². The number of fused-ring (bicyclic) bond motifs is 2. The summed E-state index contributed by atoms with van der Waals surface area (Å²) in [5, 5.41) is 0. The van der Waals surface area contributed by atoms with Gasteiger partial charge in [0.15, 0.2) is 69.0 Å². The van der Waals surface area contributed by atoms with Crippen LogP contribution in [0.3, 0.4) is 0 Å². The Morgan fingerprint density at radius 3 is 0.846 bits per heavy atom. The van der Waals surface area contributed by atoms with E-state index in [-0.39, 0.29) is 45.4 Å². The van der Waals surface area contributed by atoms with Crippen LogP contribution in [0.2, 0.25) is 0 Å². The zero-order valence-electron chi connectivity index (χ0n) is 45.5. The van der Waals surface area contributed by atoms with Crippen molar-refractivity contribution >= 4 is 11.9 Å². The van der Waals surface area contributed by atoms with E-state index in [1.54, 1.807) is 35.5 Å². The Kier molecular flexibility index (Phi) is 12.9. The van der Waals surface area contributed by atoms with Gasteiger partial charge in [-0.2, -0.15) is 0 Å². The van der Waals surface area contributed by atoms with Crippen LogP contribution >= 0.6 is 0 Å². The highest BCUT2D eigenvalue weighted by Gasteiger charge is 2.76. The van der Waals surface area contributed by atoms with Gasteiger partial charge >= 0.3 is 11.9 Å². The molecule has 3 aliphatic carbocycles. The lowest BCUT2D eigenvalue weighted by Gasteiger charge is -2.34. The monoisotopic (exact) mass is 1060 g/mol. The smallest absolute Gasteiger partial charge is 0.356 e. The molecule has 13 aliphatic heterocycles. The highest BCUT2D eigenvalue weighted by molar-refractivity contribution is 5.94. The molecular weight excluding hydrogens is 997 g/mol. The number of carbonyl (C=O) groups excluding carboxylic acids is 2. The van der Waals surface area contributed by atoms with Gasteiger partial charge in [-0.05, 0) is 198 Å². The zero-order valence-corrected chi connectivity index (χ0v) is 45.5. The summed E-state index contributed by atoms with van der Waals surface area (Å²) < 4.78 is 82.5. The van der Waals surface area contributed by atoms with Gasteiger partial charge in [-0.25, -0.2) is 4.79 Å². The minimum absolute atomic E-state index is 0.0580. The van der Waals surface area contributed by atoms with Gasteiger partial charge in [-0.15, -0.1) is 0 Å². The molecule has 406 valence electrons. The average Bonchev–Trinajstić information content (AvgIpc) is 3.07. The van der Waals surface area contributed by atoms with Crippen molar-refractivity contribution in [2.24, 2.45) is 10.8 Å². The molecule has 1 saturated carbocycles. The molecule has 0 N–H and O–H groups in total. The third-order valence-corrected chi connectivity index (χ3v) is 17.4. The molecule has 15 nitrogen and oxygen atoms in total. The Labute approximate surface area is 453 Å². The molecule has 2 fully saturated rings. The molecule has 22 rings (SSSR count). The first-order chi connectivity index (χ1) is 37.7. The predicted molar refractivity (Wildman–Crippen MR) is 287 cm³/mol. The third-order valence-electron chi connectivity index (χ3n) is 17.4. The van der Waals surface area contributed by atoms with Crippen LogP contribution in [0.4, 0.5) is 0 Å². The Morgan fingerprint density at radius 2 is 0.615 bits per heavy atom. The molecule has 6 aromatic rings. The Morgan fingerprint density at radius 1 is 0.372 bits per heavy atom. The van der Waals surface area contributed by atoms with Crippen LogP contribution < -0.4 is 56.8 Å². The number of ether oxygens (including phenoxy) is 13. The lowest BCUT2D eigenvalue weighted by atomic mass is 9.66. The predicted octanol–water partition coefficient (Wildman–Crippen LogP) is 9.93. The van der Waals surface area contributed by atoms with Crippen LogP contribution in [0.1, 0.15) is 100 Å². The minimum Gasteiger partial charge on any atom is -0.493 e. The van der Waals surface area contributed by atoms with E-state index in [9.17, 15) is 9.59 Å². The highest BCUT2D eigenvalue weighted by Crippen LogP contribution is 2.66. The van der Waals surface area contributed by atoms with E-state index in [4.69, 9.17) is 61.6 Å². The van der Waals surface area contributed by atoms with Gasteiger partial charge in [0.25, 0.3) is 0 Å². The Balaban J connectivity index is 1.06. The minimum atomic E-state index is -1.49. The maximum absolute atomic E-state index is 14.9. The maximum Gasteiger partial charge on any atom is 0.356 e. The fraction of sp³-hybridized carbons (Fsp3) is 0.397. The lowest BCUT2D eigenvalue weighted by Crippen LogP contribution is -2.50. The van der Waals surface area contributed by atoms with Crippen molar-refractivity contribution < 1.29 is 71.2 Å². The number of benzene rings is 6. The summed E-state index contributed by atoms with van der Waals surface area (Å²) >= 11 is 0. The Bertz CT molecular complexity index is 3400. The second-order valence-electron chi connectivity index (χ2n) is 21.6. The van der Waals surface area contributed by atoms with E-state index in [1.165, 1.54) is 0 Å². The number of methoxy groups -OCH3 is 5. The molecule has 6 aromatic carbocycles. The SMILES string of the molecule is COc1cc2c3cc1OCCOc1cc4c(cc1OC)Cc1cc5c(OC)cc1Cc1cc(c(OC(=O)[C@@]67CC[C@@](C)(C(=O)O6)C7(C)C)cc1C4)OCCOc1cc(c(cc1OC)Cc1cc(c(OC)cc1C3)OCCO5)C2. The van der Waals surface area contributed by atoms with Gasteiger partial charge in [0.05, 0.1) is 41.0 Å². The molecule has 0 spiro atoms. The van der Waals surface area contributed by atoms with Gasteiger partial charge < -0.3 is 61.6 Å². The fourth-order valence-corrected chi connectivity index (χ4v) is 12.4. The molecule has 1 saturated heterocycles. The van der Waals surface area contributed by atoms with E-state index >= 15 is 0 Å². The summed E-state index contributed by atoms with van der Waals surface area (Å²) in [4.78, 5) is 28.3. The van der Waals surface area contributed by atoms with Crippen molar-refractivity contribution in [3.8, 4) is 69.0 Å². The van der Waals surface area contributed by atoms with Crippen molar-refractivity contribution in [1.29, 1.82) is 0 Å². The first kappa shape index (κ1) is 50.9. The van der Waals surface area contributed by atoms with Crippen LogP contribution in [0.5, 0.6) is 69.0 Å². The topological polar surface area (TPSA) is 154 Å². The molecule has 0 aromatic heterocycles. The number of esters is 2. The quantitative estimate of drug-likeness (QED) is 0.110. The van der Waals surface area contributed by atoms with E-state index in [2.05, 4.69) is 24.3 Å². The van der Waals surface area contributed by atoms with Gasteiger partial charge in [-0.3, -0.25) is 4.79 Å². The second-order valence-corrected chi connectivity index (χ2v) is 21.6. The summed E-state index contributed by atoms with van der Waals surface area (Å²) in [5.74, 6) is 5.10. The van der Waals surface area contributed by atoms with Gasteiger partial charge in [0.2, 0.25) is 5.60 Å². The van der Waals surface area contributed by atoms with E-state index in [0.29, 0.717) is 115 Å². The van der Waals surface area contributed by atoms with Crippen molar-refractivity contribution in [2.75, 3.05) is 75.2 Å². The molecule has 20 bridgehead atoms. The van der Waals surface area contributed by atoms with Crippen LogP contribution in [-0.2, 0) is 52.9 Å². The average molecular weight is 1060 g/mol. The molecule has 78 heavy (non-hydrogen) atoms. The Hall–Kier alpha value is -7.94. The fourth-order valence-electron chi connectivity index (χ4n) is 12.4. The molecule has 15 heteroatoms. The normalized spacial score (nSPS) is 20.3. The van der Waals surface area contributed by atoms with Crippen molar-refractivity contribution in [1.82, 2.24) is 0 Å².